The smallest absolute Gasteiger partial charge is 0.325 e. The van der Waals surface area contributed by atoms with Crippen molar-refractivity contribution in [3.8, 4) is 0 Å². The van der Waals surface area contributed by atoms with Gasteiger partial charge in [-0.25, -0.2) is 0 Å². The third-order valence-corrected chi connectivity index (χ3v) is 3.30. The Morgan fingerprint density at radius 1 is 1.38 bits per heavy atom. The number of rotatable bonds is 4. The third-order valence-electron chi connectivity index (χ3n) is 2.60. The Bertz CT molecular complexity index is 561. The molecule has 0 radical (unpaired) electrons. The first kappa shape index (κ1) is 17.2. The quantitative estimate of drug-likeness (QED) is 0.520. The van der Waals surface area contributed by atoms with Gasteiger partial charge in [-0.3, -0.25) is 14.9 Å². The first-order chi connectivity index (χ1) is 9.54. The molecule has 0 saturated carbocycles. The van der Waals surface area contributed by atoms with Gasteiger partial charge in [0.2, 0.25) is 5.91 Å². The van der Waals surface area contributed by atoms with E-state index in [4.69, 9.17) is 11.6 Å². The second kappa shape index (κ2) is 6.30. The molecule has 0 heterocycles. The highest BCUT2D eigenvalue weighted by molar-refractivity contribution is 6.32. The number of benzene rings is 1. The summed E-state index contributed by atoms with van der Waals surface area (Å²) in [4.78, 5) is 21.1. The normalized spacial score (nSPS) is 13.1. The van der Waals surface area contributed by atoms with Gasteiger partial charge in [0.1, 0.15) is 10.9 Å². The molecule has 0 spiro atoms. The summed E-state index contributed by atoms with van der Waals surface area (Å²) in [6, 6.07) is 2.23. The van der Waals surface area contributed by atoms with Crippen molar-refractivity contribution in [1.29, 1.82) is 0 Å². The molecule has 0 fully saturated rings. The molecule has 9 heteroatoms. The number of anilines is 1. The SMILES string of the molecule is CC(C)C(Cl)C(=O)Nc1ccc([N+](=O)[O-])c(C(F)(F)F)c1. The lowest BCUT2D eigenvalue weighted by Crippen LogP contribution is -2.27. The van der Waals surface area contributed by atoms with E-state index in [0.717, 1.165) is 6.07 Å². The maximum absolute atomic E-state index is 12.8. The molecular formula is C12H12ClF3N2O3. The van der Waals surface area contributed by atoms with Gasteiger partial charge in [0.25, 0.3) is 5.69 Å². The average molecular weight is 325 g/mol. The van der Waals surface area contributed by atoms with Crippen LogP contribution in [0.15, 0.2) is 18.2 Å². The fraction of sp³-hybridized carbons (Fsp3) is 0.417. The van der Waals surface area contributed by atoms with E-state index < -0.39 is 33.6 Å². The standard InChI is InChI=1S/C12H12ClF3N2O3/c1-6(2)10(13)11(19)17-7-3-4-9(18(20)21)8(5-7)12(14,15)16/h3-6,10H,1-2H3,(H,17,19). The van der Waals surface area contributed by atoms with Crippen LogP contribution in [0.4, 0.5) is 24.5 Å². The van der Waals surface area contributed by atoms with Gasteiger partial charge in [0.05, 0.1) is 4.92 Å². The maximum Gasteiger partial charge on any atom is 0.423 e. The zero-order valence-corrected chi connectivity index (χ0v) is 11.8. The minimum absolute atomic E-state index is 0.204. The number of amides is 1. The van der Waals surface area contributed by atoms with Gasteiger partial charge in [0, 0.05) is 11.8 Å². The molecule has 1 aromatic carbocycles. The average Bonchev–Trinajstić information content (AvgIpc) is 2.36. The van der Waals surface area contributed by atoms with Crippen molar-refractivity contribution < 1.29 is 22.9 Å². The second-order valence-electron chi connectivity index (χ2n) is 4.62. The summed E-state index contributed by atoms with van der Waals surface area (Å²) in [7, 11) is 0. The Balaban J connectivity index is 3.12. The van der Waals surface area contributed by atoms with Crippen LogP contribution >= 0.6 is 11.6 Å². The van der Waals surface area contributed by atoms with Crippen molar-refractivity contribution >= 4 is 28.9 Å². The van der Waals surface area contributed by atoms with E-state index in [2.05, 4.69) is 5.32 Å². The Kier molecular flexibility index (Phi) is 5.16. The molecule has 0 saturated heterocycles. The molecule has 1 atom stereocenters. The Hall–Kier alpha value is -1.83. The highest BCUT2D eigenvalue weighted by atomic mass is 35.5. The van der Waals surface area contributed by atoms with Crippen LogP contribution < -0.4 is 5.32 Å². The zero-order valence-electron chi connectivity index (χ0n) is 11.1. The molecular weight excluding hydrogens is 313 g/mol. The topological polar surface area (TPSA) is 72.2 Å². The van der Waals surface area contributed by atoms with Crippen LogP contribution in [0, 0.1) is 16.0 Å². The number of hydrogen-bond donors (Lipinski definition) is 1. The second-order valence-corrected chi connectivity index (χ2v) is 5.09. The predicted octanol–water partition coefficient (Wildman–Crippen LogP) is 3.82. The van der Waals surface area contributed by atoms with Crippen LogP contribution in [0.3, 0.4) is 0 Å². The molecule has 0 aliphatic heterocycles. The minimum Gasteiger partial charge on any atom is -0.325 e. The molecule has 1 N–H and O–H groups in total. The van der Waals surface area contributed by atoms with Gasteiger partial charge in [-0.05, 0) is 18.1 Å². The molecule has 1 unspecified atom stereocenters. The van der Waals surface area contributed by atoms with Crippen molar-refractivity contribution in [3.63, 3.8) is 0 Å². The van der Waals surface area contributed by atoms with E-state index in [1.165, 1.54) is 0 Å². The Morgan fingerprint density at radius 2 is 1.95 bits per heavy atom. The van der Waals surface area contributed by atoms with E-state index in [1.807, 2.05) is 0 Å². The van der Waals surface area contributed by atoms with Gasteiger partial charge in [0.15, 0.2) is 0 Å². The van der Waals surface area contributed by atoms with E-state index >= 15 is 0 Å². The number of carbonyl (C=O) groups excluding carboxylic acids is 1. The molecule has 0 aromatic heterocycles. The third kappa shape index (κ3) is 4.32. The van der Waals surface area contributed by atoms with Crippen LogP contribution in [0.1, 0.15) is 19.4 Å². The number of nitrogens with one attached hydrogen (secondary N) is 1. The summed E-state index contributed by atoms with van der Waals surface area (Å²) in [5.41, 5.74) is -2.71. The summed E-state index contributed by atoms with van der Waals surface area (Å²) in [5, 5.41) is 11.9. The molecule has 1 rings (SSSR count). The molecule has 1 amide bonds. The van der Waals surface area contributed by atoms with E-state index in [0.29, 0.717) is 12.1 Å². The Labute approximate surface area is 123 Å². The van der Waals surface area contributed by atoms with Crippen molar-refractivity contribution in [2.45, 2.75) is 25.4 Å². The monoisotopic (exact) mass is 324 g/mol. The Morgan fingerprint density at radius 3 is 2.38 bits per heavy atom. The summed E-state index contributed by atoms with van der Waals surface area (Å²) in [6.07, 6.45) is -4.90. The lowest BCUT2D eigenvalue weighted by molar-refractivity contribution is -0.388. The number of halogens is 4. The number of alkyl halides is 4. The lowest BCUT2D eigenvalue weighted by atomic mass is 10.1. The zero-order chi connectivity index (χ0) is 16.4. The fourth-order valence-electron chi connectivity index (χ4n) is 1.51. The van der Waals surface area contributed by atoms with E-state index in [1.54, 1.807) is 13.8 Å². The first-order valence-electron chi connectivity index (χ1n) is 5.84. The van der Waals surface area contributed by atoms with Crippen LogP contribution in [0.25, 0.3) is 0 Å². The summed E-state index contributed by atoms with van der Waals surface area (Å²) in [5.74, 6) is -0.888. The first-order valence-corrected chi connectivity index (χ1v) is 6.28. The largest absolute Gasteiger partial charge is 0.423 e. The minimum atomic E-state index is -4.90. The number of hydrogen-bond acceptors (Lipinski definition) is 3. The van der Waals surface area contributed by atoms with Gasteiger partial charge in [-0.2, -0.15) is 13.2 Å². The molecule has 0 bridgehead atoms. The van der Waals surface area contributed by atoms with Gasteiger partial charge in [-0.15, -0.1) is 11.6 Å². The van der Waals surface area contributed by atoms with Crippen LogP contribution in [0.2, 0.25) is 0 Å². The van der Waals surface area contributed by atoms with Crippen LogP contribution in [-0.4, -0.2) is 16.2 Å². The predicted molar refractivity (Wildman–Crippen MR) is 71.2 cm³/mol. The maximum atomic E-state index is 12.8. The summed E-state index contributed by atoms with van der Waals surface area (Å²) < 4.78 is 38.3. The van der Waals surface area contributed by atoms with Gasteiger partial charge in [-0.1, -0.05) is 13.8 Å². The highest BCUT2D eigenvalue weighted by Crippen LogP contribution is 2.37. The summed E-state index contributed by atoms with van der Waals surface area (Å²) in [6.45, 7) is 3.35. The van der Waals surface area contributed by atoms with Crippen molar-refractivity contribution in [3.05, 3.63) is 33.9 Å². The summed E-state index contributed by atoms with van der Waals surface area (Å²) >= 11 is 5.79. The molecule has 5 nitrogen and oxygen atoms in total. The molecule has 0 aliphatic rings. The lowest BCUT2D eigenvalue weighted by Gasteiger charge is -2.14. The van der Waals surface area contributed by atoms with Crippen molar-refractivity contribution in [1.82, 2.24) is 0 Å². The molecule has 0 aliphatic carbocycles. The number of nitro groups is 1. The number of carbonyl (C=O) groups is 1. The van der Waals surface area contributed by atoms with Crippen molar-refractivity contribution in [2.75, 3.05) is 5.32 Å². The highest BCUT2D eigenvalue weighted by Gasteiger charge is 2.38. The number of nitro benzene ring substituents is 1. The van der Waals surface area contributed by atoms with Gasteiger partial charge < -0.3 is 5.32 Å². The molecule has 21 heavy (non-hydrogen) atoms. The number of nitrogens with zero attached hydrogens (tertiary/aromatic N) is 1. The van der Waals surface area contributed by atoms with Crippen LogP contribution in [0.5, 0.6) is 0 Å². The fourth-order valence-corrected chi connectivity index (χ4v) is 1.57. The molecule has 116 valence electrons. The van der Waals surface area contributed by atoms with Crippen LogP contribution in [-0.2, 0) is 11.0 Å². The van der Waals surface area contributed by atoms with E-state index in [-0.39, 0.29) is 11.6 Å². The van der Waals surface area contributed by atoms with Gasteiger partial charge >= 0.3 is 6.18 Å². The van der Waals surface area contributed by atoms with E-state index in [9.17, 15) is 28.1 Å². The van der Waals surface area contributed by atoms with Crippen molar-refractivity contribution in [2.24, 2.45) is 5.92 Å². The molecule has 1 aromatic rings.